The van der Waals surface area contributed by atoms with Crippen LogP contribution in [-0.4, -0.2) is 6.71 Å². The molecule has 0 amide bonds. The maximum absolute atomic E-state index is 2.35. The first-order chi connectivity index (χ1) is 13.8. The van der Waals surface area contributed by atoms with Gasteiger partial charge in [0.1, 0.15) is 0 Å². The van der Waals surface area contributed by atoms with Gasteiger partial charge in [-0.05, 0) is 63.8 Å². The van der Waals surface area contributed by atoms with Crippen molar-refractivity contribution in [2.45, 2.75) is 41.5 Å². The van der Waals surface area contributed by atoms with Crippen molar-refractivity contribution in [3.63, 3.8) is 0 Å². The molecule has 0 saturated heterocycles. The minimum absolute atomic E-state index is 0.273. The third-order valence-corrected chi connectivity index (χ3v) is 7.94. The summed E-state index contributed by atoms with van der Waals surface area (Å²) in [4.78, 5) is 2.72. The number of hydrogen-bond donors (Lipinski definition) is 0. The lowest BCUT2D eigenvalue weighted by Gasteiger charge is -2.23. The van der Waals surface area contributed by atoms with Crippen molar-refractivity contribution in [3.05, 3.63) is 87.3 Å². The minimum atomic E-state index is 0.273. The van der Waals surface area contributed by atoms with Gasteiger partial charge in [-0.15, -0.1) is 22.7 Å². The van der Waals surface area contributed by atoms with E-state index in [4.69, 9.17) is 0 Å². The van der Waals surface area contributed by atoms with Gasteiger partial charge in [-0.2, -0.15) is 0 Å². The Kier molecular flexibility index (Phi) is 5.55. The van der Waals surface area contributed by atoms with E-state index >= 15 is 0 Å². The van der Waals surface area contributed by atoms with Gasteiger partial charge in [0, 0.05) is 9.75 Å². The molecule has 2 aromatic carbocycles. The predicted octanol–water partition coefficient (Wildman–Crippen LogP) is 5.84. The van der Waals surface area contributed by atoms with Crippen LogP contribution in [0.3, 0.4) is 0 Å². The van der Waals surface area contributed by atoms with Crippen LogP contribution in [0, 0.1) is 41.5 Å². The molecule has 0 aliphatic rings. The molecule has 0 aliphatic carbocycles. The van der Waals surface area contributed by atoms with Crippen LogP contribution in [0.25, 0.3) is 9.75 Å². The van der Waals surface area contributed by atoms with Crippen LogP contribution >= 0.6 is 22.7 Å². The van der Waals surface area contributed by atoms with Crippen molar-refractivity contribution in [1.82, 2.24) is 0 Å². The zero-order chi connectivity index (χ0) is 20.7. The molecule has 0 atom stereocenters. The molecule has 0 N–H and O–H groups in total. The summed E-state index contributed by atoms with van der Waals surface area (Å²) in [5, 5.41) is 2.16. The largest absolute Gasteiger partial charge is 0.255 e. The van der Waals surface area contributed by atoms with Crippen molar-refractivity contribution >= 4 is 45.1 Å². The molecule has 0 fully saturated rings. The Labute approximate surface area is 183 Å². The number of hydrogen-bond acceptors (Lipinski definition) is 2. The summed E-state index contributed by atoms with van der Waals surface area (Å²) in [5.41, 5.74) is 11.2. The van der Waals surface area contributed by atoms with Crippen LogP contribution in [0.15, 0.2) is 53.9 Å². The van der Waals surface area contributed by atoms with Crippen LogP contribution in [-0.2, 0) is 0 Å². The van der Waals surface area contributed by atoms with Gasteiger partial charge in [-0.25, -0.2) is 0 Å². The fourth-order valence-electron chi connectivity index (χ4n) is 4.78. The number of rotatable bonds is 4. The smallest absolute Gasteiger partial charge is 0.148 e. The van der Waals surface area contributed by atoms with E-state index in [-0.39, 0.29) is 6.71 Å². The van der Waals surface area contributed by atoms with Gasteiger partial charge in [0.25, 0.3) is 6.71 Å². The first kappa shape index (κ1) is 20.2. The summed E-state index contributed by atoms with van der Waals surface area (Å²) in [5.74, 6) is 0. The van der Waals surface area contributed by atoms with Gasteiger partial charge in [0.15, 0.2) is 0 Å². The Hall–Kier alpha value is -2.10. The van der Waals surface area contributed by atoms with Gasteiger partial charge in [-0.1, -0.05) is 80.7 Å². The van der Waals surface area contributed by atoms with Crippen molar-refractivity contribution in [3.8, 4) is 9.75 Å². The Morgan fingerprint density at radius 3 is 1.59 bits per heavy atom. The molecular weight excluding hydrogens is 387 g/mol. The molecule has 0 spiro atoms. The quantitative estimate of drug-likeness (QED) is 0.368. The topological polar surface area (TPSA) is 0 Å². The Morgan fingerprint density at radius 2 is 1.14 bits per heavy atom. The average Bonchev–Trinajstić information content (AvgIpc) is 3.30. The fourth-order valence-corrected chi connectivity index (χ4v) is 6.74. The molecule has 4 rings (SSSR count). The van der Waals surface area contributed by atoms with Crippen molar-refractivity contribution in [2.24, 2.45) is 0 Å². The SMILES string of the molecule is Cc1cc(C)c(B(c2ccc(-c3cccs3)s2)c2c(C)cc(C)cc2C)c(C)c1. The second-order valence-corrected chi connectivity index (χ2v) is 10.3. The van der Waals surface area contributed by atoms with Crippen LogP contribution in [0.2, 0.25) is 0 Å². The third kappa shape index (κ3) is 3.86. The van der Waals surface area contributed by atoms with Crippen molar-refractivity contribution in [2.75, 3.05) is 0 Å². The highest BCUT2D eigenvalue weighted by Crippen LogP contribution is 2.28. The second-order valence-electron chi connectivity index (χ2n) is 8.24. The molecule has 0 bridgehead atoms. The van der Waals surface area contributed by atoms with Crippen LogP contribution in [0.5, 0.6) is 0 Å². The fraction of sp³-hybridized carbons (Fsp3) is 0.231. The number of thiophene rings is 2. The third-order valence-electron chi connectivity index (χ3n) is 5.73. The Morgan fingerprint density at radius 1 is 0.621 bits per heavy atom. The van der Waals surface area contributed by atoms with E-state index in [0.717, 1.165) is 0 Å². The first-order valence-electron chi connectivity index (χ1n) is 10.1. The highest BCUT2D eigenvalue weighted by atomic mass is 32.1. The monoisotopic (exact) mass is 414 g/mol. The highest BCUT2D eigenvalue weighted by molar-refractivity contribution is 7.31. The van der Waals surface area contributed by atoms with E-state index in [1.165, 1.54) is 58.8 Å². The molecule has 3 heteroatoms. The first-order valence-corrected chi connectivity index (χ1v) is 11.8. The lowest BCUT2D eigenvalue weighted by atomic mass is 9.37. The molecular formula is C26H27BS2. The van der Waals surface area contributed by atoms with Gasteiger partial charge in [-0.3, -0.25) is 0 Å². The lowest BCUT2D eigenvalue weighted by Crippen LogP contribution is -2.54. The van der Waals surface area contributed by atoms with Crippen LogP contribution in [0.4, 0.5) is 0 Å². The zero-order valence-corrected chi connectivity index (χ0v) is 19.7. The zero-order valence-electron chi connectivity index (χ0n) is 18.1. The molecule has 29 heavy (non-hydrogen) atoms. The molecule has 4 aromatic rings. The molecule has 0 nitrogen and oxygen atoms in total. The number of aryl methyl sites for hydroxylation is 6. The van der Waals surface area contributed by atoms with Crippen molar-refractivity contribution in [1.29, 1.82) is 0 Å². The Balaban J connectivity index is 1.97. The molecule has 0 aliphatic heterocycles. The summed E-state index contributed by atoms with van der Waals surface area (Å²) < 4.78 is 1.43. The van der Waals surface area contributed by atoms with Gasteiger partial charge in [0.05, 0.1) is 0 Å². The van der Waals surface area contributed by atoms with E-state index in [1.807, 2.05) is 22.7 Å². The van der Waals surface area contributed by atoms with E-state index in [0.29, 0.717) is 0 Å². The number of benzene rings is 2. The van der Waals surface area contributed by atoms with Gasteiger partial charge >= 0.3 is 0 Å². The van der Waals surface area contributed by atoms with Crippen LogP contribution in [0.1, 0.15) is 33.4 Å². The Bertz CT molecular complexity index is 1060. The van der Waals surface area contributed by atoms with Gasteiger partial charge in [0.2, 0.25) is 0 Å². The molecule has 0 radical (unpaired) electrons. The van der Waals surface area contributed by atoms with Gasteiger partial charge < -0.3 is 0 Å². The minimum Gasteiger partial charge on any atom is -0.148 e. The molecule has 146 valence electrons. The maximum Gasteiger partial charge on any atom is 0.255 e. The summed E-state index contributed by atoms with van der Waals surface area (Å²) >= 11 is 3.76. The van der Waals surface area contributed by atoms with Crippen LogP contribution < -0.4 is 15.7 Å². The van der Waals surface area contributed by atoms with E-state index in [9.17, 15) is 0 Å². The summed E-state index contributed by atoms with van der Waals surface area (Å²) in [6.07, 6.45) is 0. The van der Waals surface area contributed by atoms with E-state index < -0.39 is 0 Å². The highest BCUT2D eigenvalue weighted by Gasteiger charge is 2.29. The summed E-state index contributed by atoms with van der Waals surface area (Å²) in [6, 6.07) is 18.4. The standard InChI is InChI=1S/C26H27BS2/c1-16-12-18(3)25(19(4)13-16)27(26-20(5)14-17(2)15-21(26)6)24-10-9-23(29-24)22-8-7-11-28-22/h7-15H,1-6H3. The van der Waals surface area contributed by atoms with Crippen molar-refractivity contribution < 1.29 is 0 Å². The molecule has 0 saturated carbocycles. The maximum atomic E-state index is 2.35. The van der Waals surface area contributed by atoms with E-state index in [2.05, 4.69) is 95.5 Å². The molecule has 2 heterocycles. The molecule has 2 aromatic heterocycles. The van der Waals surface area contributed by atoms with E-state index in [1.54, 1.807) is 0 Å². The second kappa shape index (κ2) is 7.97. The predicted molar refractivity (Wildman–Crippen MR) is 134 cm³/mol. The lowest BCUT2D eigenvalue weighted by molar-refractivity contribution is 1.34. The molecule has 0 unspecified atom stereocenters. The summed E-state index contributed by atoms with van der Waals surface area (Å²) in [6.45, 7) is 13.8. The normalized spacial score (nSPS) is 11.1. The average molecular weight is 414 g/mol. The summed E-state index contributed by atoms with van der Waals surface area (Å²) in [7, 11) is 0.